The molecule has 8 heteroatoms. The highest BCUT2D eigenvalue weighted by molar-refractivity contribution is 7.89. The van der Waals surface area contributed by atoms with E-state index in [0.29, 0.717) is 12.8 Å². The molecule has 1 heterocycles. The van der Waals surface area contributed by atoms with Gasteiger partial charge in [0.05, 0.1) is 6.61 Å². The monoisotopic (exact) mass is 265 g/mol. The molecule has 0 bridgehead atoms. The second-order valence-corrected chi connectivity index (χ2v) is 5.59. The molecule has 0 saturated carbocycles. The van der Waals surface area contributed by atoms with E-state index in [0.717, 1.165) is 4.31 Å². The molecule has 1 unspecified atom stereocenters. The number of nitrogens with zero attached hydrogens (tertiary/aromatic N) is 1. The third-order valence-electron chi connectivity index (χ3n) is 2.43. The van der Waals surface area contributed by atoms with Crippen molar-refractivity contribution in [1.82, 2.24) is 4.31 Å². The van der Waals surface area contributed by atoms with E-state index >= 15 is 0 Å². The van der Waals surface area contributed by atoms with Crippen LogP contribution in [-0.2, 0) is 24.3 Å². The number of hydrogen-bond donors (Lipinski definition) is 1. The summed E-state index contributed by atoms with van der Waals surface area (Å²) in [5.41, 5.74) is 0. The van der Waals surface area contributed by atoms with Crippen LogP contribution in [0.2, 0.25) is 0 Å². The maximum Gasteiger partial charge on any atom is 0.324 e. The molecule has 0 aromatic rings. The van der Waals surface area contributed by atoms with E-state index in [1.807, 2.05) is 0 Å². The Bertz CT molecular complexity index is 404. The standard InChI is InChI=1S/C9H15NO6S/c1-2-16-9(13)7-4-3-5-10(7)17(14,15)6-8(11)12/h7H,2-6H2,1H3,(H,11,12). The predicted octanol–water partition coefficient (Wildman–Crippen LogP) is -0.572. The molecule has 0 radical (unpaired) electrons. The number of ether oxygens (including phenoxy) is 1. The maximum atomic E-state index is 11.7. The topological polar surface area (TPSA) is 101 Å². The van der Waals surface area contributed by atoms with E-state index in [-0.39, 0.29) is 13.2 Å². The zero-order chi connectivity index (χ0) is 13.1. The molecule has 17 heavy (non-hydrogen) atoms. The molecule has 1 aliphatic rings. The zero-order valence-electron chi connectivity index (χ0n) is 9.46. The molecule has 7 nitrogen and oxygen atoms in total. The third-order valence-corrected chi connectivity index (χ3v) is 4.19. The molecule has 0 amide bonds. The first kappa shape index (κ1) is 13.9. The van der Waals surface area contributed by atoms with Crippen molar-refractivity contribution in [3.63, 3.8) is 0 Å². The van der Waals surface area contributed by atoms with Gasteiger partial charge in [-0.3, -0.25) is 9.59 Å². The van der Waals surface area contributed by atoms with Gasteiger partial charge < -0.3 is 9.84 Å². The van der Waals surface area contributed by atoms with Gasteiger partial charge in [0.15, 0.2) is 5.75 Å². The number of carboxylic acid groups (broad SMARTS) is 1. The van der Waals surface area contributed by atoms with E-state index in [9.17, 15) is 18.0 Å². The molecule has 0 aromatic carbocycles. The van der Waals surface area contributed by atoms with Gasteiger partial charge in [0.2, 0.25) is 10.0 Å². The number of hydrogen-bond acceptors (Lipinski definition) is 5. The van der Waals surface area contributed by atoms with Crippen LogP contribution < -0.4 is 0 Å². The van der Waals surface area contributed by atoms with Gasteiger partial charge in [-0.05, 0) is 19.8 Å². The zero-order valence-corrected chi connectivity index (χ0v) is 10.3. The molecule has 0 aromatic heterocycles. The van der Waals surface area contributed by atoms with Gasteiger partial charge in [0.1, 0.15) is 6.04 Å². The Labute approximate surface area is 99.4 Å². The van der Waals surface area contributed by atoms with E-state index in [1.165, 1.54) is 0 Å². The summed E-state index contributed by atoms with van der Waals surface area (Å²) in [7, 11) is -3.94. The number of carbonyl (C=O) groups is 2. The lowest BCUT2D eigenvalue weighted by Crippen LogP contribution is -2.43. The van der Waals surface area contributed by atoms with Gasteiger partial charge in [-0.25, -0.2) is 8.42 Å². The van der Waals surface area contributed by atoms with E-state index in [4.69, 9.17) is 9.84 Å². The summed E-state index contributed by atoms with van der Waals surface area (Å²) in [4.78, 5) is 22.0. The first-order valence-corrected chi connectivity index (χ1v) is 6.87. The average Bonchev–Trinajstić information content (AvgIpc) is 2.64. The van der Waals surface area contributed by atoms with Crippen molar-refractivity contribution in [2.24, 2.45) is 0 Å². The van der Waals surface area contributed by atoms with Crippen LogP contribution in [0.15, 0.2) is 0 Å². The van der Waals surface area contributed by atoms with Gasteiger partial charge in [0, 0.05) is 6.54 Å². The van der Waals surface area contributed by atoms with Crippen LogP contribution in [-0.4, -0.2) is 54.7 Å². The van der Waals surface area contributed by atoms with Crippen LogP contribution in [0.4, 0.5) is 0 Å². The highest BCUT2D eigenvalue weighted by Crippen LogP contribution is 2.22. The molecule has 0 aliphatic carbocycles. The smallest absolute Gasteiger partial charge is 0.324 e. The number of aliphatic carboxylic acids is 1. The van der Waals surface area contributed by atoms with Crippen LogP contribution in [0.3, 0.4) is 0 Å². The van der Waals surface area contributed by atoms with Gasteiger partial charge >= 0.3 is 11.9 Å². The predicted molar refractivity (Wildman–Crippen MR) is 57.8 cm³/mol. The van der Waals surface area contributed by atoms with Gasteiger partial charge in [-0.15, -0.1) is 0 Å². The second-order valence-electron chi connectivity index (χ2n) is 3.67. The lowest BCUT2D eigenvalue weighted by atomic mass is 10.2. The molecule has 1 rings (SSSR count). The Kier molecular flexibility index (Phi) is 4.47. The fourth-order valence-electron chi connectivity index (χ4n) is 1.79. The Balaban J connectivity index is 2.82. The van der Waals surface area contributed by atoms with Crippen molar-refractivity contribution in [3.8, 4) is 0 Å². The molecular weight excluding hydrogens is 250 g/mol. The Morgan fingerprint density at radius 2 is 2.12 bits per heavy atom. The normalized spacial score (nSPS) is 21.4. The molecule has 1 fully saturated rings. The summed E-state index contributed by atoms with van der Waals surface area (Å²) >= 11 is 0. The molecule has 1 aliphatic heterocycles. The molecular formula is C9H15NO6S. The average molecular weight is 265 g/mol. The van der Waals surface area contributed by atoms with Crippen molar-refractivity contribution < 1.29 is 27.9 Å². The quantitative estimate of drug-likeness (QED) is 0.668. The van der Waals surface area contributed by atoms with Crippen molar-refractivity contribution >= 4 is 22.0 Å². The van der Waals surface area contributed by atoms with Gasteiger partial charge in [0.25, 0.3) is 0 Å². The summed E-state index contributed by atoms with van der Waals surface area (Å²) in [6.07, 6.45) is 0.903. The van der Waals surface area contributed by atoms with E-state index in [1.54, 1.807) is 6.92 Å². The minimum atomic E-state index is -3.94. The summed E-state index contributed by atoms with van der Waals surface area (Å²) in [5, 5.41) is 8.52. The Morgan fingerprint density at radius 3 is 2.65 bits per heavy atom. The van der Waals surface area contributed by atoms with Crippen molar-refractivity contribution in [1.29, 1.82) is 0 Å². The number of esters is 1. The fourth-order valence-corrected chi connectivity index (χ4v) is 3.25. The van der Waals surface area contributed by atoms with Crippen LogP contribution in [0.1, 0.15) is 19.8 Å². The number of sulfonamides is 1. The van der Waals surface area contributed by atoms with Gasteiger partial charge in [-0.2, -0.15) is 4.31 Å². The molecule has 1 N–H and O–H groups in total. The molecule has 98 valence electrons. The highest BCUT2D eigenvalue weighted by atomic mass is 32.2. The summed E-state index contributed by atoms with van der Waals surface area (Å²) in [6, 6.07) is -0.876. The van der Waals surface area contributed by atoms with Crippen molar-refractivity contribution in [2.45, 2.75) is 25.8 Å². The molecule has 0 spiro atoms. The van der Waals surface area contributed by atoms with E-state index in [2.05, 4.69) is 0 Å². The second kappa shape index (κ2) is 5.46. The Hall–Kier alpha value is -1.15. The van der Waals surface area contributed by atoms with E-state index < -0.39 is 33.8 Å². The fraction of sp³-hybridized carbons (Fsp3) is 0.778. The van der Waals surface area contributed by atoms with Crippen molar-refractivity contribution in [2.75, 3.05) is 18.9 Å². The summed E-state index contributed by atoms with van der Waals surface area (Å²) in [5.74, 6) is -3.04. The Morgan fingerprint density at radius 1 is 1.47 bits per heavy atom. The maximum absolute atomic E-state index is 11.7. The van der Waals surface area contributed by atoms with Crippen LogP contribution in [0.5, 0.6) is 0 Å². The molecule has 1 atom stereocenters. The summed E-state index contributed by atoms with van der Waals surface area (Å²) in [6.45, 7) is 1.96. The first-order valence-electron chi connectivity index (χ1n) is 5.26. The van der Waals surface area contributed by atoms with Crippen LogP contribution in [0, 0.1) is 0 Å². The lowest BCUT2D eigenvalue weighted by molar-refractivity contribution is -0.147. The molecule has 1 saturated heterocycles. The van der Waals surface area contributed by atoms with Crippen LogP contribution >= 0.6 is 0 Å². The van der Waals surface area contributed by atoms with Crippen LogP contribution in [0.25, 0.3) is 0 Å². The number of carbonyl (C=O) groups excluding carboxylic acids is 1. The van der Waals surface area contributed by atoms with Crippen molar-refractivity contribution in [3.05, 3.63) is 0 Å². The largest absolute Gasteiger partial charge is 0.480 e. The highest BCUT2D eigenvalue weighted by Gasteiger charge is 2.40. The minimum absolute atomic E-state index is 0.166. The number of carboxylic acids is 1. The first-order chi connectivity index (χ1) is 7.88. The summed E-state index contributed by atoms with van der Waals surface area (Å²) < 4.78 is 29.1. The lowest BCUT2D eigenvalue weighted by Gasteiger charge is -2.21. The van der Waals surface area contributed by atoms with Gasteiger partial charge in [-0.1, -0.05) is 0 Å². The number of rotatable bonds is 5. The SMILES string of the molecule is CCOC(=O)C1CCCN1S(=O)(=O)CC(=O)O. The third kappa shape index (κ3) is 3.40. The minimum Gasteiger partial charge on any atom is -0.480 e.